The molecule has 0 spiro atoms. The number of carbonyl (C=O) groups is 4. The number of phenols is 2. The molecule has 4 aromatic carbocycles. The van der Waals surface area contributed by atoms with Crippen LogP contribution in [0.4, 0.5) is 0 Å². The maximum absolute atomic E-state index is 15.7. The molecule has 5 aliphatic heterocycles. The number of rotatable bonds is 21. The van der Waals surface area contributed by atoms with Gasteiger partial charge >= 0.3 is 5.97 Å². The zero-order chi connectivity index (χ0) is 70.3. The number of Topliss-reactive ketones (excluding diaryl/α,β-unsaturated/α-hetero) is 1. The fourth-order valence-corrected chi connectivity index (χ4v) is 14.4. The standard InChI is InChI=1S/C70H91N3O25/c1-30-46(94-51-25-47(59(77)32(3)90-51)95-50-24-45(74)58(76)31(2)89-50)23-38-20-37-21-41(65(87-8)68(84)72-43(22-39-29-71-42-18-14-13-17-40(39)42)67(83)73-44(69(85)88-9)19-36-15-11-10-12-16-36)64(63(81)56(37)62(80)55(38)57(30)75)98-53-27-48(60(78)34(5)92-53)96-52-26-49(61(79)33(4)91-52)97-54-28-70(7,86)66(82)35(6)93-54/h10-18,20,23,29,31-35,41,43-45,47-54,58-61,64-66,71,74-80,82,86H,19,21-22,24-28H2,1-9H3,(H,72,84)(H,73,83)/t31-,32-,33-,34-,35-,41-,43+,44+,45-,47-,48-,49-,50+,51+,52+,53+,54+,58-,59-,60-,61+,64+,65+,66-,70+/m1/s1. The zero-order valence-corrected chi connectivity index (χ0v) is 56.0. The lowest BCUT2D eigenvalue weighted by Gasteiger charge is -2.46. The third-order valence-electron chi connectivity index (χ3n) is 19.9. The lowest BCUT2D eigenvalue weighted by Crippen LogP contribution is -2.59. The lowest BCUT2D eigenvalue weighted by molar-refractivity contribution is -0.334. The van der Waals surface area contributed by atoms with Crippen LogP contribution in [0.3, 0.4) is 0 Å². The number of hydrogen-bond donors (Lipinski definition) is 12. The first-order valence-corrected chi connectivity index (χ1v) is 33.3. The van der Waals surface area contributed by atoms with Crippen LogP contribution >= 0.6 is 0 Å². The molecule has 5 aromatic rings. The van der Waals surface area contributed by atoms with Gasteiger partial charge in [0.05, 0.1) is 78.6 Å². The number of hydrogen-bond acceptors (Lipinski definition) is 25. The molecule has 0 radical (unpaired) electrons. The van der Waals surface area contributed by atoms with Crippen LogP contribution in [0.2, 0.25) is 0 Å². The van der Waals surface area contributed by atoms with Gasteiger partial charge < -0.3 is 118 Å². The Morgan fingerprint density at radius 1 is 0.653 bits per heavy atom. The topological polar surface area (TPSA) is 401 Å². The summed E-state index contributed by atoms with van der Waals surface area (Å²) in [7, 11) is 2.42. The molecule has 6 aliphatic rings. The van der Waals surface area contributed by atoms with Gasteiger partial charge in [-0.3, -0.25) is 14.4 Å². The molecule has 5 saturated heterocycles. The second-order valence-corrected chi connectivity index (χ2v) is 27.0. The van der Waals surface area contributed by atoms with Crippen LogP contribution < -0.4 is 15.4 Å². The molecule has 28 nitrogen and oxygen atoms in total. The van der Waals surface area contributed by atoms with Crippen molar-refractivity contribution in [2.45, 2.75) is 247 Å². The molecule has 2 amide bonds. The van der Waals surface area contributed by atoms with E-state index in [1.54, 1.807) is 77.2 Å². The highest BCUT2D eigenvalue weighted by Gasteiger charge is 2.52. The minimum Gasteiger partial charge on any atom is -0.507 e. The molecule has 0 saturated carbocycles. The van der Waals surface area contributed by atoms with Gasteiger partial charge in [0.2, 0.25) is 18.1 Å². The van der Waals surface area contributed by atoms with Crippen molar-refractivity contribution in [2.24, 2.45) is 5.92 Å². The number of amides is 2. The minimum absolute atomic E-state index is 0.0351. The van der Waals surface area contributed by atoms with E-state index in [9.17, 15) is 55.5 Å². The summed E-state index contributed by atoms with van der Waals surface area (Å²) in [6, 6.07) is 16.7. The fourth-order valence-electron chi connectivity index (χ4n) is 14.4. The van der Waals surface area contributed by atoms with E-state index in [1.165, 1.54) is 34.1 Å². The Kier molecular flexibility index (Phi) is 22.5. The maximum atomic E-state index is 15.7. The van der Waals surface area contributed by atoms with Gasteiger partial charge in [-0.15, -0.1) is 0 Å². The molecular weight excluding hydrogens is 1280 g/mol. The summed E-state index contributed by atoms with van der Waals surface area (Å²) in [6.45, 7) is 10.9. The van der Waals surface area contributed by atoms with E-state index < -0.39 is 188 Å². The molecule has 11 rings (SSSR count). The number of H-pyrrole nitrogens is 1. The SMILES string of the molecule is COC(=O)[C@H](Cc1ccccc1)NC(=O)[C@H](Cc1c[nH]c2ccccc12)NC(=O)[C@@H](OC)[C@@H]1Cc2cc3cc(O[C@H]4C[C@@H](O[C@H]5C[C@@H](O)[C@H](O)[C@@H](C)O5)[C@H](O)[C@@H](C)O4)c(C)c(O)c3c(O)c2C(=O)[C@H]1O[C@H]1C[C@@H](O[C@H]2C[C@@H](O[C@H]3C[C@](C)(O)[C@H](O)[C@@H](C)O3)[C@@H](O)[C@@H](C)O2)[C@H](O)[C@@H](C)O1. The molecule has 5 fully saturated rings. The first kappa shape index (κ1) is 72.7. The molecule has 1 aromatic heterocycles. The molecule has 0 bridgehead atoms. The van der Waals surface area contributed by atoms with Crippen molar-refractivity contribution >= 4 is 45.2 Å². The van der Waals surface area contributed by atoms with E-state index in [0.717, 1.165) is 10.9 Å². The van der Waals surface area contributed by atoms with Crippen molar-refractivity contribution < 1.29 is 122 Å². The fraction of sp³-hybridized carbons (Fsp3) is 0.600. The molecule has 25 atom stereocenters. The highest BCUT2D eigenvalue weighted by Crippen LogP contribution is 2.48. The number of aromatic hydroxyl groups is 2. The molecule has 0 unspecified atom stereocenters. The number of aliphatic hydroxyl groups is 7. The summed E-state index contributed by atoms with van der Waals surface area (Å²) in [5.74, 6) is -5.67. The first-order valence-electron chi connectivity index (χ1n) is 33.3. The van der Waals surface area contributed by atoms with Crippen molar-refractivity contribution in [3.8, 4) is 17.2 Å². The predicted octanol–water partition coefficient (Wildman–Crippen LogP) is 2.55. The second-order valence-electron chi connectivity index (χ2n) is 27.0. The lowest BCUT2D eigenvalue weighted by atomic mass is 9.76. The number of fused-ring (bicyclic) bond motifs is 3. The Labute approximate surface area is 565 Å². The Morgan fingerprint density at radius 2 is 1.20 bits per heavy atom. The third kappa shape index (κ3) is 15.5. The number of aliphatic hydroxyl groups excluding tert-OH is 6. The van der Waals surface area contributed by atoms with E-state index >= 15 is 9.59 Å². The van der Waals surface area contributed by atoms with Crippen molar-refractivity contribution in [3.05, 3.63) is 101 Å². The molecule has 6 heterocycles. The van der Waals surface area contributed by atoms with E-state index in [-0.39, 0.29) is 84.6 Å². The van der Waals surface area contributed by atoms with Gasteiger partial charge in [-0.25, -0.2) is 4.79 Å². The Balaban J connectivity index is 0.907. The van der Waals surface area contributed by atoms with Crippen LogP contribution in [0.1, 0.15) is 106 Å². The van der Waals surface area contributed by atoms with Gasteiger partial charge in [-0.1, -0.05) is 48.5 Å². The van der Waals surface area contributed by atoms with Crippen LogP contribution in [0.5, 0.6) is 17.2 Å². The monoisotopic (exact) mass is 1370 g/mol. The minimum atomic E-state index is -1.74. The summed E-state index contributed by atoms with van der Waals surface area (Å²) in [6.07, 6.45) is -23.0. The highest BCUT2D eigenvalue weighted by atomic mass is 16.7. The van der Waals surface area contributed by atoms with E-state index in [0.29, 0.717) is 11.1 Å². The van der Waals surface area contributed by atoms with Crippen LogP contribution in [0.25, 0.3) is 21.7 Å². The number of para-hydroxylation sites is 1. The van der Waals surface area contributed by atoms with E-state index in [2.05, 4.69) is 15.6 Å². The van der Waals surface area contributed by atoms with Crippen LogP contribution in [0, 0.1) is 12.8 Å². The highest BCUT2D eigenvalue weighted by molar-refractivity contribution is 6.11. The number of aromatic nitrogens is 1. The molecule has 12 N–H and O–H groups in total. The number of phenolic OH excluding ortho intramolecular Hbond substituents is 2. The number of methoxy groups -OCH3 is 2. The van der Waals surface area contributed by atoms with Crippen molar-refractivity contribution in [3.63, 3.8) is 0 Å². The van der Waals surface area contributed by atoms with Crippen LogP contribution in [-0.2, 0) is 85.8 Å². The van der Waals surface area contributed by atoms with Gasteiger partial charge in [0.25, 0.3) is 0 Å². The van der Waals surface area contributed by atoms with Crippen LogP contribution in [0.15, 0.2) is 72.9 Å². The maximum Gasteiger partial charge on any atom is 0.328 e. The second kappa shape index (κ2) is 30.4. The van der Waals surface area contributed by atoms with E-state index in [4.69, 9.17) is 56.8 Å². The number of aromatic amines is 1. The molecular formula is C70H91N3O25. The van der Waals surface area contributed by atoms with Crippen molar-refractivity contribution in [1.82, 2.24) is 15.6 Å². The molecule has 536 valence electrons. The van der Waals surface area contributed by atoms with Gasteiger partial charge in [0.15, 0.2) is 30.9 Å². The normalized spacial score (nSPS) is 35.4. The quantitative estimate of drug-likeness (QED) is 0.0470. The van der Waals surface area contributed by atoms with E-state index in [1.807, 2.05) is 24.3 Å². The number of nitrogens with one attached hydrogen (secondary N) is 3. The average Bonchev–Trinajstić information content (AvgIpc) is 0.745. The van der Waals surface area contributed by atoms with Gasteiger partial charge in [-0.05, 0) is 95.2 Å². The summed E-state index contributed by atoms with van der Waals surface area (Å²) < 4.78 is 73.3. The van der Waals surface area contributed by atoms with Crippen molar-refractivity contribution in [1.29, 1.82) is 0 Å². The van der Waals surface area contributed by atoms with Crippen LogP contribution in [-0.4, -0.2) is 236 Å². The van der Waals surface area contributed by atoms with Crippen molar-refractivity contribution in [2.75, 3.05) is 14.2 Å². The first-order chi connectivity index (χ1) is 46.6. The number of ether oxygens (including phenoxy) is 12. The summed E-state index contributed by atoms with van der Waals surface area (Å²) in [5, 5.41) is 108. The molecule has 28 heteroatoms. The van der Waals surface area contributed by atoms with Gasteiger partial charge in [0, 0.05) is 80.6 Å². The number of ketones is 1. The Hall–Kier alpha value is -6.52. The predicted molar refractivity (Wildman–Crippen MR) is 344 cm³/mol. The number of benzene rings is 4. The molecule has 98 heavy (non-hydrogen) atoms. The Morgan fingerprint density at radius 3 is 1.82 bits per heavy atom. The smallest absolute Gasteiger partial charge is 0.328 e. The largest absolute Gasteiger partial charge is 0.507 e. The summed E-state index contributed by atoms with van der Waals surface area (Å²) in [4.78, 5) is 62.7. The van der Waals surface area contributed by atoms with Gasteiger partial charge in [0.1, 0.15) is 72.1 Å². The Bertz CT molecular complexity index is 3620. The number of esters is 1. The number of carbonyl (C=O) groups excluding carboxylic acids is 4. The molecule has 1 aliphatic carbocycles. The van der Waals surface area contributed by atoms with Gasteiger partial charge in [-0.2, -0.15) is 0 Å². The summed E-state index contributed by atoms with van der Waals surface area (Å²) >= 11 is 0. The average molecular weight is 1370 g/mol. The summed E-state index contributed by atoms with van der Waals surface area (Å²) in [5.41, 5.74) is 0.506. The third-order valence-corrected chi connectivity index (χ3v) is 19.9. The zero-order valence-electron chi connectivity index (χ0n) is 56.0.